The van der Waals surface area contributed by atoms with Crippen LogP contribution in [0, 0.1) is 0 Å². The van der Waals surface area contributed by atoms with Crippen LogP contribution in [0.25, 0.3) is 10.9 Å². The molecule has 0 aliphatic rings. The number of pyridine rings is 1. The number of hydrogen-bond donors (Lipinski definition) is 2. The minimum atomic E-state index is 0.587. The highest BCUT2D eigenvalue weighted by molar-refractivity contribution is 5.90. The molecule has 0 bridgehead atoms. The lowest BCUT2D eigenvalue weighted by Crippen LogP contribution is -1.86. The summed E-state index contributed by atoms with van der Waals surface area (Å²) >= 11 is 0. The Morgan fingerprint density at radius 2 is 2.42 bits per heavy atom. The van der Waals surface area contributed by atoms with Crippen molar-refractivity contribution in [2.75, 3.05) is 12.8 Å². The molecule has 4 heteroatoms. The first-order valence-corrected chi connectivity index (χ1v) is 3.58. The number of fused-ring (bicyclic) bond motifs is 1. The molecule has 0 radical (unpaired) electrons. The van der Waals surface area contributed by atoms with E-state index < -0.39 is 0 Å². The molecule has 0 fully saturated rings. The number of H-pyrrole nitrogens is 1. The summed E-state index contributed by atoms with van der Waals surface area (Å²) in [6.45, 7) is 0. The molecule has 0 spiro atoms. The highest BCUT2D eigenvalue weighted by Crippen LogP contribution is 2.21. The molecule has 12 heavy (non-hydrogen) atoms. The van der Waals surface area contributed by atoms with E-state index in [0.717, 1.165) is 10.9 Å². The molecule has 0 atom stereocenters. The first-order valence-electron chi connectivity index (χ1n) is 3.58. The summed E-state index contributed by atoms with van der Waals surface area (Å²) in [6.07, 6.45) is 3.44. The Labute approximate surface area is 69.4 Å². The third-order valence-corrected chi connectivity index (χ3v) is 1.78. The molecule has 2 rings (SSSR count). The lowest BCUT2D eigenvalue weighted by molar-refractivity contribution is 0.398. The fraction of sp³-hybridized carbons (Fsp3) is 0.125. The third-order valence-electron chi connectivity index (χ3n) is 1.78. The normalized spacial score (nSPS) is 10.4. The van der Waals surface area contributed by atoms with Gasteiger partial charge >= 0.3 is 0 Å². The Morgan fingerprint density at radius 1 is 1.58 bits per heavy atom. The van der Waals surface area contributed by atoms with Crippen molar-refractivity contribution in [3.8, 4) is 5.88 Å². The van der Waals surface area contributed by atoms with Crippen molar-refractivity contribution in [3.05, 3.63) is 18.5 Å². The Morgan fingerprint density at radius 3 is 3.17 bits per heavy atom. The Hall–Kier alpha value is -1.71. The second-order valence-corrected chi connectivity index (χ2v) is 2.52. The number of anilines is 1. The van der Waals surface area contributed by atoms with Gasteiger partial charge in [0, 0.05) is 23.8 Å². The van der Waals surface area contributed by atoms with Gasteiger partial charge in [0.2, 0.25) is 5.88 Å². The van der Waals surface area contributed by atoms with E-state index >= 15 is 0 Å². The SMILES string of the molecule is COc1cc2[nH]cc(N)c2cn1. The van der Waals surface area contributed by atoms with Crippen molar-refractivity contribution >= 4 is 16.6 Å². The van der Waals surface area contributed by atoms with Gasteiger partial charge in [-0.2, -0.15) is 0 Å². The van der Waals surface area contributed by atoms with Crippen LogP contribution in [0.1, 0.15) is 0 Å². The first kappa shape index (κ1) is 6.97. The highest BCUT2D eigenvalue weighted by Gasteiger charge is 2.01. The smallest absolute Gasteiger partial charge is 0.215 e. The fourth-order valence-electron chi connectivity index (χ4n) is 1.13. The number of methoxy groups -OCH3 is 1. The van der Waals surface area contributed by atoms with E-state index in [0.29, 0.717) is 11.6 Å². The summed E-state index contributed by atoms with van der Waals surface area (Å²) in [5.74, 6) is 0.587. The quantitative estimate of drug-likeness (QED) is 0.662. The maximum atomic E-state index is 5.66. The van der Waals surface area contributed by atoms with Gasteiger partial charge in [-0.3, -0.25) is 0 Å². The van der Waals surface area contributed by atoms with Crippen molar-refractivity contribution in [2.24, 2.45) is 0 Å². The minimum Gasteiger partial charge on any atom is -0.481 e. The zero-order chi connectivity index (χ0) is 8.55. The molecule has 62 valence electrons. The van der Waals surface area contributed by atoms with Crippen molar-refractivity contribution < 1.29 is 4.74 Å². The lowest BCUT2D eigenvalue weighted by atomic mass is 10.3. The third kappa shape index (κ3) is 0.887. The van der Waals surface area contributed by atoms with Gasteiger partial charge in [-0.25, -0.2) is 4.98 Å². The molecule has 0 saturated heterocycles. The van der Waals surface area contributed by atoms with Gasteiger partial charge in [0.1, 0.15) is 0 Å². The molecule has 4 nitrogen and oxygen atoms in total. The number of hydrogen-bond acceptors (Lipinski definition) is 3. The van der Waals surface area contributed by atoms with Gasteiger partial charge in [0.05, 0.1) is 18.3 Å². The van der Waals surface area contributed by atoms with Crippen molar-refractivity contribution in [2.45, 2.75) is 0 Å². The number of rotatable bonds is 1. The van der Waals surface area contributed by atoms with E-state index in [1.807, 2.05) is 6.07 Å². The zero-order valence-corrected chi connectivity index (χ0v) is 6.66. The molecule has 3 N–H and O–H groups in total. The van der Waals surface area contributed by atoms with Crippen molar-refractivity contribution in [1.29, 1.82) is 0 Å². The molecule has 2 aromatic heterocycles. The largest absolute Gasteiger partial charge is 0.481 e. The maximum Gasteiger partial charge on any atom is 0.215 e. The van der Waals surface area contributed by atoms with Crippen LogP contribution in [-0.4, -0.2) is 17.1 Å². The van der Waals surface area contributed by atoms with E-state index in [1.54, 1.807) is 19.5 Å². The molecule has 0 saturated carbocycles. The van der Waals surface area contributed by atoms with Gasteiger partial charge in [-0.1, -0.05) is 0 Å². The van der Waals surface area contributed by atoms with Crippen molar-refractivity contribution in [1.82, 2.24) is 9.97 Å². The molecule has 0 amide bonds. The lowest BCUT2D eigenvalue weighted by Gasteiger charge is -1.96. The van der Waals surface area contributed by atoms with Crippen LogP contribution >= 0.6 is 0 Å². The molecule has 0 aliphatic heterocycles. The zero-order valence-electron chi connectivity index (χ0n) is 6.66. The molecule has 0 aromatic carbocycles. The van der Waals surface area contributed by atoms with E-state index in [4.69, 9.17) is 10.5 Å². The number of ether oxygens (including phenoxy) is 1. The average Bonchev–Trinajstić information content (AvgIpc) is 2.47. The topological polar surface area (TPSA) is 63.9 Å². The number of aromatic nitrogens is 2. The maximum absolute atomic E-state index is 5.66. The van der Waals surface area contributed by atoms with E-state index in [1.165, 1.54) is 0 Å². The Bertz CT molecular complexity index is 408. The van der Waals surface area contributed by atoms with Gasteiger partial charge < -0.3 is 15.5 Å². The monoisotopic (exact) mass is 163 g/mol. The summed E-state index contributed by atoms with van der Waals surface area (Å²) in [5, 5.41) is 0.927. The van der Waals surface area contributed by atoms with Gasteiger partial charge in [0.25, 0.3) is 0 Å². The van der Waals surface area contributed by atoms with Crippen LogP contribution in [0.3, 0.4) is 0 Å². The first-order chi connectivity index (χ1) is 5.81. The molecular formula is C8H9N3O. The number of aromatic amines is 1. The van der Waals surface area contributed by atoms with Crippen LogP contribution in [-0.2, 0) is 0 Å². The second kappa shape index (κ2) is 2.41. The second-order valence-electron chi connectivity index (χ2n) is 2.52. The Kier molecular flexibility index (Phi) is 1.40. The minimum absolute atomic E-state index is 0.587. The van der Waals surface area contributed by atoms with E-state index in [-0.39, 0.29) is 0 Å². The molecular weight excluding hydrogens is 154 g/mol. The predicted molar refractivity (Wildman–Crippen MR) is 47.1 cm³/mol. The number of nitrogen functional groups attached to an aromatic ring is 1. The summed E-state index contributed by atoms with van der Waals surface area (Å²) in [4.78, 5) is 7.05. The standard InChI is InChI=1S/C8H9N3O/c1-12-8-2-7-5(3-11-8)6(9)4-10-7/h2-4,10H,9H2,1H3. The summed E-state index contributed by atoms with van der Waals surface area (Å²) in [6, 6.07) is 1.81. The molecule has 2 heterocycles. The predicted octanol–water partition coefficient (Wildman–Crippen LogP) is 1.15. The van der Waals surface area contributed by atoms with Crippen molar-refractivity contribution in [3.63, 3.8) is 0 Å². The average molecular weight is 163 g/mol. The highest BCUT2D eigenvalue weighted by atomic mass is 16.5. The number of nitrogens with zero attached hydrogens (tertiary/aromatic N) is 1. The van der Waals surface area contributed by atoms with E-state index in [9.17, 15) is 0 Å². The Balaban J connectivity index is 2.69. The van der Waals surface area contributed by atoms with Crippen LogP contribution in [0.5, 0.6) is 5.88 Å². The fourth-order valence-corrected chi connectivity index (χ4v) is 1.13. The van der Waals surface area contributed by atoms with Gasteiger partial charge in [-0.05, 0) is 0 Å². The summed E-state index contributed by atoms with van der Waals surface area (Å²) in [5.41, 5.74) is 7.31. The summed E-state index contributed by atoms with van der Waals surface area (Å²) in [7, 11) is 1.58. The molecule has 2 aromatic rings. The van der Waals surface area contributed by atoms with Gasteiger partial charge in [0.15, 0.2) is 0 Å². The van der Waals surface area contributed by atoms with Crippen LogP contribution in [0.15, 0.2) is 18.5 Å². The van der Waals surface area contributed by atoms with Crippen LogP contribution in [0.2, 0.25) is 0 Å². The number of nitrogens with two attached hydrogens (primary N) is 1. The number of nitrogens with one attached hydrogen (secondary N) is 1. The summed E-state index contributed by atoms with van der Waals surface area (Å²) < 4.78 is 4.96. The van der Waals surface area contributed by atoms with Gasteiger partial charge in [-0.15, -0.1) is 0 Å². The van der Waals surface area contributed by atoms with Crippen LogP contribution in [0.4, 0.5) is 5.69 Å². The molecule has 0 unspecified atom stereocenters. The molecule has 0 aliphatic carbocycles. The van der Waals surface area contributed by atoms with E-state index in [2.05, 4.69) is 9.97 Å². The van der Waals surface area contributed by atoms with Crippen LogP contribution < -0.4 is 10.5 Å².